The quantitative estimate of drug-likeness (QED) is 0.839. The van der Waals surface area contributed by atoms with Gasteiger partial charge in [-0.2, -0.15) is 0 Å². The van der Waals surface area contributed by atoms with Crippen LogP contribution in [0.25, 0.3) is 0 Å². The van der Waals surface area contributed by atoms with Crippen molar-refractivity contribution >= 4 is 17.5 Å². The fourth-order valence-corrected chi connectivity index (χ4v) is 2.08. The molecule has 4 heteroatoms. The van der Waals surface area contributed by atoms with E-state index in [1.165, 1.54) is 0 Å². The standard InChI is InChI=1S/C12H15ClN2O/c13-10-3-1-2-9(6-10)7-14-8-11-4-5-12(16)15-11/h1-3,6,11,14H,4-5,7-8H2,(H,15,16). The topological polar surface area (TPSA) is 41.1 Å². The second-order valence-corrected chi connectivity index (χ2v) is 4.50. The van der Waals surface area contributed by atoms with Crippen molar-refractivity contribution in [3.05, 3.63) is 34.9 Å². The van der Waals surface area contributed by atoms with Crippen molar-refractivity contribution in [2.75, 3.05) is 6.54 Å². The molecule has 0 aromatic heterocycles. The Morgan fingerprint density at radius 1 is 1.50 bits per heavy atom. The van der Waals surface area contributed by atoms with Crippen LogP contribution in [0.5, 0.6) is 0 Å². The van der Waals surface area contributed by atoms with E-state index in [0.29, 0.717) is 6.42 Å². The van der Waals surface area contributed by atoms with Gasteiger partial charge in [0.2, 0.25) is 5.91 Å². The predicted octanol–water partition coefficient (Wildman–Crippen LogP) is 1.71. The van der Waals surface area contributed by atoms with Gasteiger partial charge in [0.15, 0.2) is 0 Å². The third kappa shape index (κ3) is 3.22. The Labute approximate surface area is 100 Å². The molecule has 2 rings (SSSR count). The number of benzene rings is 1. The summed E-state index contributed by atoms with van der Waals surface area (Å²) in [4.78, 5) is 11.0. The van der Waals surface area contributed by atoms with Crippen LogP contribution < -0.4 is 10.6 Å². The number of nitrogens with one attached hydrogen (secondary N) is 2. The maximum atomic E-state index is 11.0. The average Bonchev–Trinajstić information content (AvgIpc) is 2.64. The lowest BCUT2D eigenvalue weighted by Crippen LogP contribution is -2.35. The number of amides is 1. The van der Waals surface area contributed by atoms with E-state index in [0.717, 1.165) is 30.1 Å². The number of hydrogen-bond donors (Lipinski definition) is 2. The first kappa shape index (κ1) is 11.4. The molecule has 1 unspecified atom stereocenters. The van der Waals surface area contributed by atoms with Crippen molar-refractivity contribution in [1.29, 1.82) is 0 Å². The second-order valence-electron chi connectivity index (χ2n) is 4.06. The van der Waals surface area contributed by atoms with Crippen molar-refractivity contribution in [1.82, 2.24) is 10.6 Å². The number of rotatable bonds is 4. The minimum absolute atomic E-state index is 0.162. The SMILES string of the molecule is O=C1CCC(CNCc2cccc(Cl)c2)N1. The van der Waals surface area contributed by atoms with E-state index in [1.807, 2.05) is 24.3 Å². The fourth-order valence-electron chi connectivity index (χ4n) is 1.87. The molecule has 2 N–H and O–H groups in total. The maximum absolute atomic E-state index is 11.0. The van der Waals surface area contributed by atoms with Gasteiger partial charge in [-0.1, -0.05) is 23.7 Å². The van der Waals surface area contributed by atoms with Gasteiger partial charge in [0, 0.05) is 30.6 Å². The molecule has 86 valence electrons. The van der Waals surface area contributed by atoms with Crippen LogP contribution in [-0.2, 0) is 11.3 Å². The van der Waals surface area contributed by atoms with Crippen molar-refractivity contribution in [2.45, 2.75) is 25.4 Å². The summed E-state index contributed by atoms with van der Waals surface area (Å²) in [5.41, 5.74) is 1.16. The first-order chi connectivity index (χ1) is 7.74. The van der Waals surface area contributed by atoms with E-state index < -0.39 is 0 Å². The molecule has 1 fully saturated rings. The normalized spacial score (nSPS) is 19.8. The Morgan fingerprint density at radius 3 is 3.06 bits per heavy atom. The van der Waals surface area contributed by atoms with E-state index >= 15 is 0 Å². The van der Waals surface area contributed by atoms with E-state index in [-0.39, 0.29) is 11.9 Å². The van der Waals surface area contributed by atoms with E-state index in [4.69, 9.17) is 11.6 Å². The van der Waals surface area contributed by atoms with Crippen LogP contribution in [0.4, 0.5) is 0 Å². The molecule has 0 bridgehead atoms. The Bertz CT molecular complexity index is 381. The number of halogens is 1. The van der Waals surface area contributed by atoms with E-state index in [1.54, 1.807) is 0 Å². The molecule has 1 aromatic rings. The minimum atomic E-state index is 0.162. The highest BCUT2D eigenvalue weighted by molar-refractivity contribution is 6.30. The third-order valence-corrected chi connectivity index (χ3v) is 2.93. The third-order valence-electron chi connectivity index (χ3n) is 2.69. The monoisotopic (exact) mass is 238 g/mol. The molecule has 0 aliphatic carbocycles. The molecular weight excluding hydrogens is 224 g/mol. The van der Waals surface area contributed by atoms with Crippen LogP contribution in [-0.4, -0.2) is 18.5 Å². The van der Waals surface area contributed by atoms with Gasteiger partial charge in [-0.05, 0) is 24.1 Å². The summed E-state index contributed by atoms with van der Waals surface area (Å²) >= 11 is 5.89. The summed E-state index contributed by atoms with van der Waals surface area (Å²) in [6.07, 6.45) is 1.59. The molecule has 1 heterocycles. The van der Waals surface area contributed by atoms with Gasteiger partial charge in [0.1, 0.15) is 0 Å². The van der Waals surface area contributed by atoms with Crippen molar-refractivity contribution in [3.63, 3.8) is 0 Å². The van der Waals surface area contributed by atoms with Crippen LogP contribution in [0.15, 0.2) is 24.3 Å². The van der Waals surface area contributed by atoms with Gasteiger partial charge in [-0.3, -0.25) is 4.79 Å². The zero-order valence-electron chi connectivity index (χ0n) is 9.00. The van der Waals surface area contributed by atoms with Crippen LogP contribution in [0.3, 0.4) is 0 Å². The van der Waals surface area contributed by atoms with Gasteiger partial charge in [0.25, 0.3) is 0 Å². The molecule has 0 spiro atoms. The second kappa shape index (κ2) is 5.32. The molecule has 3 nitrogen and oxygen atoms in total. The highest BCUT2D eigenvalue weighted by atomic mass is 35.5. The molecular formula is C12H15ClN2O. The minimum Gasteiger partial charge on any atom is -0.352 e. The van der Waals surface area contributed by atoms with Crippen LogP contribution in [0.1, 0.15) is 18.4 Å². The zero-order chi connectivity index (χ0) is 11.4. The Hall–Kier alpha value is -1.06. The number of carbonyl (C=O) groups is 1. The first-order valence-electron chi connectivity index (χ1n) is 5.48. The molecule has 1 aliphatic rings. The Balaban J connectivity index is 1.74. The predicted molar refractivity (Wildman–Crippen MR) is 64.3 cm³/mol. The number of carbonyl (C=O) groups excluding carboxylic acids is 1. The van der Waals surface area contributed by atoms with Crippen LogP contribution in [0.2, 0.25) is 5.02 Å². The fraction of sp³-hybridized carbons (Fsp3) is 0.417. The molecule has 0 saturated carbocycles. The van der Waals surface area contributed by atoms with Gasteiger partial charge in [-0.25, -0.2) is 0 Å². The molecule has 1 aromatic carbocycles. The Kier molecular flexibility index (Phi) is 3.80. The highest BCUT2D eigenvalue weighted by Gasteiger charge is 2.19. The first-order valence-corrected chi connectivity index (χ1v) is 5.86. The summed E-state index contributed by atoms with van der Waals surface area (Å²) < 4.78 is 0. The zero-order valence-corrected chi connectivity index (χ0v) is 9.76. The number of hydrogen-bond acceptors (Lipinski definition) is 2. The molecule has 1 atom stereocenters. The summed E-state index contributed by atoms with van der Waals surface area (Å²) in [5.74, 6) is 0.162. The van der Waals surface area contributed by atoms with E-state index in [2.05, 4.69) is 10.6 Å². The van der Waals surface area contributed by atoms with Crippen molar-refractivity contribution < 1.29 is 4.79 Å². The maximum Gasteiger partial charge on any atom is 0.220 e. The lowest BCUT2D eigenvalue weighted by atomic mass is 10.2. The highest BCUT2D eigenvalue weighted by Crippen LogP contribution is 2.10. The summed E-state index contributed by atoms with van der Waals surface area (Å²) in [7, 11) is 0. The van der Waals surface area contributed by atoms with Crippen molar-refractivity contribution in [2.24, 2.45) is 0 Å². The van der Waals surface area contributed by atoms with E-state index in [9.17, 15) is 4.79 Å². The lowest BCUT2D eigenvalue weighted by molar-refractivity contribution is -0.119. The van der Waals surface area contributed by atoms with Crippen LogP contribution >= 0.6 is 11.6 Å². The van der Waals surface area contributed by atoms with Crippen LogP contribution in [0, 0.1) is 0 Å². The van der Waals surface area contributed by atoms with Gasteiger partial charge in [0.05, 0.1) is 0 Å². The smallest absolute Gasteiger partial charge is 0.220 e. The Morgan fingerprint density at radius 2 is 2.38 bits per heavy atom. The van der Waals surface area contributed by atoms with Gasteiger partial charge < -0.3 is 10.6 Å². The van der Waals surface area contributed by atoms with Gasteiger partial charge in [-0.15, -0.1) is 0 Å². The lowest BCUT2D eigenvalue weighted by Gasteiger charge is -2.11. The average molecular weight is 239 g/mol. The van der Waals surface area contributed by atoms with Gasteiger partial charge >= 0.3 is 0 Å². The summed E-state index contributed by atoms with van der Waals surface area (Å²) in [6, 6.07) is 8.07. The summed E-state index contributed by atoms with van der Waals surface area (Å²) in [5, 5.41) is 7.00. The van der Waals surface area contributed by atoms with Crippen molar-refractivity contribution in [3.8, 4) is 0 Å². The molecule has 1 amide bonds. The molecule has 0 radical (unpaired) electrons. The molecule has 1 aliphatic heterocycles. The molecule has 16 heavy (non-hydrogen) atoms. The largest absolute Gasteiger partial charge is 0.352 e. The molecule has 1 saturated heterocycles. The summed E-state index contributed by atoms with van der Waals surface area (Å²) in [6.45, 7) is 1.60.